The molecule has 6 nitrogen and oxygen atoms in total. The maximum atomic E-state index is 12.2. The van der Waals surface area contributed by atoms with E-state index in [4.69, 9.17) is 16.7 Å². The molecule has 2 N–H and O–H groups in total. The lowest BCUT2D eigenvalue weighted by atomic mass is 10.1. The van der Waals surface area contributed by atoms with E-state index >= 15 is 0 Å². The predicted octanol–water partition coefficient (Wildman–Crippen LogP) is 2.67. The van der Waals surface area contributed by atoms with Gasteiger partial charge in [-0.25, -0.2) is 4.68 Å². The second kappa shape index (κ2) is 6.52. The number of rotatable bonds is 6. The van der Waals surface area contributed by atoms with E-state index in [0.717, 1.165) is 22.6 Å². The Morgan fingerprint density at radius 3 is 2.48 bits per heavy atom. The summed E-state index contributed by atoms with van der Waals surface area (Å²) in [7, 11) is 0. The maximum Gasteiger partial charge on any atom is 0.311 e. The lowest BCUT2D eigenvalue weighted by Gasteiger charge is -2.11. The van der Waals surface area contributed by atoms with Crippen molar-refractivity contribution in [1.29, 1.82) is 0 Å². The molecule has 0 saturated heterocycles. The van der Waals surface area contributed by atoms with Crippen LogP contribution in [0.5, 0.6) is 0 Å². The molecule has 0 unspecified atom stereocenters. The molecule has 1 amide bonds. The molecule has 0 spiro atoms. The Bertz CT molecular complexity index is 823. The van der Waals surface area contributed by atoms with E-state index in [9.17, 15) is 9.59 Å². The molecule has 1 heterocycles. The maximum absolute atomic E-state index is 12.2. The predicted molar refractivity (Wildman–Crippen MR) is 94.1 cm³/mol. The summed E-state index contributed by atoms with van der Waals surface area (Å²) in [6.07, 6.45) is 1.42. The van der Waals surface area contributed by atoms with Gasteiger partial charge in [-0.15, -0.1) is 0 Å². The molecule has 0 radical (unpaired) electrons. The second-order valence-electron chi connectivity index (χ2n) is 6.58. The molecule has 1 aromatic heterocycles. The van der Waals surface area contributed by atoms with Crippen LogP contribution in [0.25, 0.3) is 5.69 Å². The topological polar surface area (TPSA) is 84.2 Å². The summed E-state index contributed by atoms with van der Waals surface area (Å²) < 4.78 is 1.79. The molecule has 1 fully saturated rings. The molecule has 3 rings (SSSR count). The van der Waals surface area contributed by atoms with Crippen LogP contribution >= 0.6 is 11.6 Å². The van der Waals surface area contributed by atoms with Gasteiger partial charge in [0, 0.05) is 22.8 Å². The molecule has 0 atom stereocenters. The Hall–Kier alpha value is -2.34. The number of aryl methyl sites for hydroxylation is 1. The van der Waals surface area contributed by atoms with Crippen molar-refractivity contribution in [1.82, 2.24) is 15.1 Å². The molecule has 1 aliphatic rings. The Labute approximate surface area is 150 Å². The van der Waals surface area contributed by atoms with Gasteiger partial charge in [0.1, 0.15) is 0 Å². The molecule has 1 saturated carbocycles. The van der Waals surface area contributed by atoms with Gasteiger partial charge in [0.05, 0.1) is 23.2 Å². The zero-order valence-corrected chi connectivity index (χ0v) is 14.9. The van der Waals surface area contributed by atoms with Crippen LogP contribution in [0.1, 0.15) is 29.8 Å². The number of hydrogen-bond acceptors (Lipinski definition) is 3. The minimum absolute atomic E-state index is 0.182. The average molecular weight is 362 g/mol. The van der Waals surface area contributed by atoms with Gasteiger partial charge in [-0.05, 0) is 51.0 Å². The largest absolute Gasteiger partial charge is 0.481 e. The Morgan fingerprint density at radius 1 is 1.28 bits per heavy atom. The van der Waals surface area contributed by atoms with Crippen LogP contribution in [0.2, 0.25) is 5.02 Å². The van der Waals surface area contributed by atoms with E-state index in [1.54, 1.807) is 16.8 Å². The molecular weight excluding hydrogens is 342 g/mol. The highest BCUT2D eigenvalue weighted by atomic mass is 35.5. The first-order valence-electron chi connectivity index (χ1n) is 8.13. The Morgan fingerprint density at radius 2 is 1.92 bits per heavy atom. The van der Waals surface area contributed by atoms with Crippen LogP contribution in [-0.4, -0.2) is 33.3 Å². The number of carbonyl (C=O) groups is 2. The highest BCUT2D eigenvalue weighted by molar-refractivity contribution is 6.30. The van der Waals surface area contributed by atoms with Crippen molar-refractivity contribution in [3.8, 4) is 5.69 Å². The van der Waals surface area contributed by atoms with Crippen LogP contribution < -0.4 is 5.32 Å². The van der Waals surface area contributed by atoms with Gasteiger partial charge in [0.15, 0.2) is 0 Å². The van der Waals surface area contributed by atoms with Crippen LogP contribution in [0.15, 0.2) is 24.3 Å². The first kappa shape index (κ1) is 17.5. The highest BCUT2D eigenvalue weighted by Crippen LogP contribution is 2.45. The number of aromatic nitrogens is 2. The van der Waals surface area contributed by atoms with E-state index in [-0.39, 0.29) is 18.9 Å². The van der Waals surface area contributed by atoms with Gasteiger partial charge < -0.3 is 10.4 Å². The quantitative estimate of drug-likeness (QED) is 0.828. The zero-order valence-electron chi connectivity index (χ0n) is 14.2. The lowest BCUT2D eigenvalue weighted by Crippen LogP contribution is -2.35. The first-order chi connectivity index (χ1) is 11.8. The third-order valence-corrected chi connectivity index (χ3v) is 5.03. The van der Waals surface area contributed by atoms with Gasteiger partial charge in [0.2, 0.25) is 5.91 Å². The fraction of sp³-hybridized carbons (Fsp3) is 0.389. The number of amides is 1. The number of aliphatic carboxylic acids is 1. The number of carboxylic acids is 1. The number of benzene rings is 1. The summed E-state index contributed by atoms with van der Waals surface area (Å²) in [6.45, 7) is 3.96. The summed E-state index contributed by atoms with van der Waals surface area (Å²) >= 11 is 5.92. The van der Waals surface area contributed by atoms with Crippen molar-refractivity contribution in [3.63, 3.8) is 0 Å². The number of nitrogens with zero attached hydrogens (tertiary/aromatic N) is 2. The first-order valence-corrected chi connectivity index (χ1v) is 8.51. The number of hydrogen-bond donors (Lipinski definition) is 2. The fourth-order valence-electron chi connectivity index (χ4n) is 2.87. The minimum Gasteiger partial charge on any atom is -0.481 e. The lowest BCUT2D eigenvalue weighted by molar-refractivity contribution is -0.143. The molecule has 0 bridgehead atoms. The summed E-state index contributed by atoms with van der Waals surface area (Å²) in [4.78, 5) is 23.4. The zero-order chi connectivity index (χ0) is 18.2. The molecule has 1 aromatic carbocycles. The SMILES string of the molecule is Cc1nn(-c2ccc(Cl)cc2)c(C)c1CC(=O)NCC1(C(=O)O)CC1. The third-order valence-electron chi connectivity index (χ3n) is 4.78. The van der Waals surface area contributed by atoms with E-state index in [1.807, 2.05) is 26.0 Å². The normalized spacial score (nSPS) is 15.0. The summed E-state index contributed by atoms with van der Waals surface area (Å²) in [6, 6.07) is 7.33. The van der Waals surface area contributed by atoms with Crippen molar-refractivity contribution in [3.05, 3.63) is 46.2 Å². The van der Waals surface area contributed by atoms with Gasteiger partial charge in [-0.2, -0.15) is 5.10 Å². The van der Waals surface area contributed by atoms with E-state index in [1.165, 1.54) is 0 Å². The number of carboxylic acid groups (broad SMARTS) is 1. The third kappa shape index (κ3) is 3.54. The molecule has 1 aliphatic carbocycles. The summed E-state index contributed by atoms with van der Waals surface area (Å²) in [5.74, 6) is -1.02. The average Bonchev–Trinajstić information content (AvgIpc) is 3.32. The molecule has 7 heteroatoms. The Balaban J connectivity index is 1.71. The van der Waals surface area contributed by atoms with Gasteiger partial charge >= 0.3 is 5.97 Å². The van der Waals surface area contributed by atoms with E-state index < -0.39 is 11.4 Å². The number of halogens is 1. The van der Waals surface area contributed by atoms with Crippen LogP contribution in [0.3, 0.4) is 0 Å². The van der Waals surface area contributed by atoms with Crippen molar-refractivity contribution >= 4 is 23.5 Å². The van der Waals surface area contributed by atoms with Gasteiger partial charge in [-0.1, -0.05) is 11.6 Å². The number of carbonyl (C=O) groups excluding carboxylic acids is 1. The molecule has 25 heavy (non-hydrogen) atoms. The molecule has 2 aromatic rings. The van der Waals surface area contributed by atoms with Crippen molar-refractivity contribution in [2.45, 2.75) is 33.1 Å². The summed E-state index contributed by atoms with van der Waals surface area (Å²) in [5.41, 5.74) is 2.64. The van der Waals surface area contributed by atoms with Crippen LogP contribution in [0, 0.1) is 19.3 Å². The molecule has 0 aliphatic heterocycles. The molecular formula is C18H20ClN3O3. The van der Waals surface area contributed by atoms with E-state index in [2.05, 4.69) is 10.4 Å². The fourth-order valence-corrected chi connectivity index (χ4v) is 3.00. The van der Waals surface area contributed by atoms with Crippen molar-refractivity contribution in [2.75, 3.05) is 6.54 Å². The van der Waals surface area contributed by atoms with Gasteiger partial charge in [0.25, 0.3) is 0 Å². The Kier molecular flexibility index (Phi) is 4.56. The summed E-state index contributed by atoms with van der Waals surface area (Å²) in [5, 5.41) is 17.1. The second-order valence-corrected chi connectivity index (χ2v) is 7.01. The number of nitrogens with one attached hydrogen (secondary N) is 1. The van der Waals surface area contributed by atoms with Crippen molar-refractivity contribution < 1.29 is 14.7 Å². The minimum atomic E-state index is -0.837. The monoisotopic (exact) mass is 361 g/mol. The highest BCUT2D eigenvalue weighted by Gasteiger charge is 2.50. The molecule has 132 valence electrons. The standard InChI is InChI=1S/C18H20ClN3O3/c1-11-15(9-16(23)20-10-18(7-8-18)17(24)25)12(2)22(21-11)14-5-3-13(19)4-6-14/h3-6H,7-10H2,1-2H3,(H,20,23)(H,24,25). The van der Waals surface area contributed by atoms with Gasteiger partial charge in [-0.3, -0.25) is 9.59 Å². The van der Waals surface area contributed by atoms with Crippen molar-refractivity contribution in [2.24, 2.45) is 5.41 Å². The smallest absolute Gasteiger partial charge is 0.311 e. The van der Waals surface area contributed by atoms with E-state index in [0.29, 0.717) is 17.9 Å². The van der Waals surface area contributed by atoms with Crippen LogP contribution in [-0.2, 0) is 16.0 Å². The van der Waals surface area contributed by atoms with Crippen LogP contribution in [0.4, 0.5) is 0 Å².